The summed E-state index contributed by atoms with van der Waals surface area (Å²) in [7, 11) is 1.29. The van der Waals surface area contributed by atoms with Crippen molar-refractivity contribution in [2.45, 2.75) is 13.0 Å². The Kier molecular flexibility index (Phi) is 4.18. The van der Waals surface area contributed by atoms with Crippen molar-refractivity contribution in [1.82, 2.24) is 10.2 Å². The molecule has 26 heavy (non-hydrogen) atoms. The first-order valence-corrected chi connectivity index (χ1v) is 7.72. The molecule has 1 aromatic carbocycles. The summed E-state index contributed by atoms with van der Waals surface area (Å²) in [4.78, 5) is 11.2. The number of hydrogen-bond acceptors (Lipinski definition) is 9. The predicted octanol–water partition coefficient (Wildman–Crippen LogP) is 2.35. The van der Waals surface area contributed by atoms with Gasteiger partial charge in [-0.15, -0.1) is 10.2 Å². The number of methoxy groups -OCH3 is 1. The van der Waals surface area contributed by atoms with E-state index < -0.39 is 5.97 Å². The lowest BCUT2D eigenvalue weighted by Crippen LogP contribution is -2.04. The zero-order chi connectivity index (χ0) is 17.9. The standard InChI is InChI=1S/C17H14N2O7/c1-21-16(20)7-15-18-19-17(26-15)13-5-3-11(25-13)8-22-10-2-4-12-14(6-10)24-9-23-12/h2-6H,7-9H2,1H3. The molecule has 0 N–H and O–H groups in total. The zero-order valence-electron chi connectivity index (χ0n) is 13.8. The normalized spacial score (nSPS) is 12.2. The first-order chi connectivity index (χ1) is 12.7. The molecule has 0 spiro atoms. The highest BCUT2D eigenvalue weighted by Gasteiger charge is 2.16. The minimum atomic E-state index is -0.461. The fraction of sp³-hybridized carbons (Fsp3) is 0.235. The third-order valence-electron chi connectivity index (χ3n) is 3.59. The van der Waals surface area contributed by atoms with Gasteiger partial charge in [0.05, 0.1) is 7.11 Å². The summed E-state index contributed by atoms with van der Waals surface area (Å²) >= 11 is 0. The molecule has 134 valence electrons. The van der Waals surface area contributed by atoms with E-state index in [0.29, 0.717) is 28.8 Å². The van der Waals surface area contributed by atoms with Crippen LogP contribution >= 0.6 is 0 Å². The van der Waals surface area contributed by atoms with Gasteiger partial charge in [0.2, 0.25) is 12.7 Å². The van der Waals surface area contributed by atoms with Gasteiger partial charge in [-0.1, -0.05) is 0 Å². The summed E-state index contributed by atoms with van der Waals surface area (Å²) in [5.41, 5.74) is 0. The largest absolute Gasteiger partial charge is 0.486 e. The van der Waals surface area contributed by atoms with Gasteiger partial charge in [0.1, 0.15) is 24.5 Å². The van der Waals surface area contributed by atoms with Gasteiger partial charge in [-0.25, -0.2) is 0 Å². The van der Waals surface area contributed by atoms with Gasteiger partial charge in [0.25, 0.3) is 5.89 Å². The van der Waals surface area contributed by atoms with E-state index in [1.807, 2.05) is 0 Å². The van der Waals surface area contributed by atoms with Crippen molar-refractivity contribution in [3.8, 4) is 28.9 Å². The number of ether oxygens (including phenoxy) is 4. The summed E-state index contributed by atoms with van der Waals surface area (Å²) in [6.07, 6.45) is -0.0930. The topological polar surface area (TPSA) is 106 Å². The van der Waals surface area contributed by atoms with Crippen molar-refractivity contribution in [2.75, 3.05) is 13.9 Å². The van der Waals surface area contributed by atoms with Crippen LogP contribution in [-0.4, -0.2) is 30.1 Å². The number of furan rings is 1. The fourth-order valence-electron chi connectivity index (χ4n) is 2.31. The Hall–Kier alpha value is -3.49. The summed E-state index contributed by atoms with van der Waals surface area (Å²) in [6, 6.07) is 8.75. The molecule has 0 fully saturated rings. The average Bonchev–Trinajstić information content (AvgIpc) is 3.39. The van der Waals surface area contributed by atoms with E-state index >= 15 is 0 Å². The lowest BCUT2D eigenvalue weighted by Gasteiger charge is -2.04. The van der Waals surface area contributed by atoms with Gasteiger partial charge in [-0.3, -0.25) is 4.79 Å². The lowest BCUT2D eigenvalue weighted by atomic mass is 10.3. The lowest BCUT2D eigenvalue weighted by molar-refractivity contribution is -0.140. The van der Waals surface area contributed by atoms with Gasteiger partial charge in [0.15, 0.2) is 17.3 Å². The van der Waals surface area contributed by atoms with Crippen molar-refractivity contribution in [1.29, 1.82) is 0 Å². The first kappa shape index (κ1) is 16.0. The molecular weight excluding hydrogens is 344 g/mol. The maximum atomic E-state index is 11.2. The molecule has 0 atom stereocenters. The highest BCUT2D eigenvalue weighted by Crippen LogP contribution is 2.35. The smallest absolute Gasteiger partial charge is 0.315 e. The second-order valence-electron chi connectivity index (χ2n) is 5.32. The van der Waals surface area contributed by atoms with Crippen LogP contribution in [0.2, 0.25) is 0 Å². The number of fused-ring (bicyclic) bond motifs is 1. The predicted molar refractivity (Wildman–Crippen MR) is 84.6 cm³/mol. The van der Waals surface area contributed by atoms with E-state index in [9.17, 15) is 4.79 Å². The van der Waals surface area contributed by atoms with E-state index in [0.717, 1.165) is 0 Å². The van der Waals surface area contributed by atoms with Crippen LogP contribution in [0.5, 0.6) is 17.2 Å². The van der Waals surface area contributed by atoms with E-state index in [1.165, 1.54) is 7.11 Å². The maximum Gasteiger partial charge on any atom is 0.315 e. The Labute approximate surface area is 147 Å². The summed E-state index contributed by atoms with van der Waals surface area (Å²) < 4.78 is 31.8. The van der Waals surface area contributed by atoms with E-state index in [4.69, 9.17) is 23.0 Å². The van der Waals surface area contributed by atoms with E-state index in [1.54, 1.807) is 30.3 Å². The van der Waals surface area contributed by atoms with Gasteiger partial charge in [0, 0.05) is 6.07 Å². The van der Waals surface area contributed by atoms with Gasteiger partial charge >= 0.3 is 5.97 Å². The maximum absolute atomic E-state index is 11.2. The third-order valence-corrected chi connectivity index (χ3v) is 3.59. The molecule has 0 saturated heterocycles. The molecule has 9 heteroatoms. The molecule has 0 bridgehead atoms. The molecule has 0 unspecified atom stereocenters. The summed E-state index contributed by atoms with van der Waals surface area (Å²) in [5, 5.41) is 7.64. The molecule has 0 saturated carbocycles. The van der Waals surface area contributed by atoms with E-state index in [2.05, 4.69) is 14.9 Å². The van der Waals surface area contributed by atoms with Crippen LogP contribution in [-0.2, 0) is 22.6 Å². The van der Waals surface area contributed by atoms with Crippen LogP contribution in [0.4, 0.5) is 0 Å². The number of aromatic nitrogens is 2. The monoisotopic (exact) mass is 358 g/mol. The number of carbonyl (C=O) groups is 1. The Morgan fingerprint density at radius 3 is 2.88 bits per heavy atom. The Balaban J connectivity index is 1.39. The number of nitrogens with zero attached hydrogens (tertiary/aromatic N) is 2. The number of hydrogen-bond donors (Lipinski definition) is 0. The minimum Gasteiger partial charge on any atom is -0.486 e. The molecule has 4 rings (SSSR count). The van der Waals surface area contributed by atoms with Crippen LogP contribution in [0.25, 0.3) is 11.7 Å². The Morgan fingerprint density at radius 1 is 1.12 bits per heavy atom. The highest BCUT2D eigenvalue weighted by molar-refractivity contribution is 5.71. The number of benzene rings is 1. The highest BCUT2D eigenvalue weighted by atomic mass is 16.7. The molecule has 2 aromatic heterocycles. The van der Waals surface area contributed by atoms with Crippen LogP contribution in [0.15, 0.2) is 39.2 Å². The molecule has 0 amide bonds. The molecule has 3 aromatic rings. The Bertz CT molecular complexity index is 931. The molecule has 0 aliphatic carbocycles. The molecule has 1 aliphatic heterocycles. The zero-order valence-corrected chi connectivity index (χ0v) is 13.8. The van der Waals surface area contributed by atoms with Gasteiger partial charge in [-0.05, 0) is 24.3 Å². The number of carbonyl (C=O) groups excluding carboxylic acids is 1. The molecular formula is C17H14N2O7. The summed E-state index contributed by atoms with van der Waals surface area (Å²) in [5.74, 6) is 2.80. The molecule has 0 radical (unpaired) electrons. The van der Waals surface area contributed by atoms with Crippen LogP contribution in [0.3, 0.4) is 0 Å². The average molecular weight is 358 g/mol. The number of rotatable bonds is 6. The van der Waals surface area contributed by atoms with E-state index in [-0.39, 0.29) is 31.6 Å². The fourth-order valence-corrected chi connectivity index (χ4v) is 2.31. The molecule has 3 heterocycles. The molecule has 9 nitrogen and oxygen atoms in total. The van der Waals surface area contributed by atoms with Crippen molar-refractivity contribution in [3.63, 3.8) is 0 Å². The second-order valence-corrected chi connectivity index (χ2v) is 5.32. The first-order valence-electron chi connectivity index (χ1n) is 7.72. The number of esters is 1. The van der Waals surface area contributed by atoms with Crippen molar-refractivity contribution >= 4 is 5.97 Å². The molecule has 1 aliphatic rings. The van der Waals surface area contributed by atoms with Crippen molar-refractivity contribution < 1.29 is 32.6 Å². The second kappa shape index (κ2) is 6.79. The van der Waals surface area contributed by atoms with Gasteiger partial charge in [-0.2, -0.15) is 0 Å². The third kappa shape index (κ3) is 3.32. The summed E-state index contributed by atoms with van der Waals surface area (Å²) in [6.45, 7) is 0.422. The van der Waals surface area contributed by atoms with Crippen molar-refractivity contribution in [2.24, 2.45) is 0 Å². The van der Waals surface area contributed by atoms with Crippen LogP contribution in [0, 0.1) is 0 Å². The van der Waals surface area contributed by atoms with Gasteiger partial charge < -0.3 is 27.8 Å². The Morgan fingerprint density at radius 2 is 2.00 bits per heavy atom. The van der Waals surface area contributed by atoms with Crippen LogP contribution in [0.1, 0.15) is 11.7 Å². The quantitative estimate of drug-likeness (QED) is 0.614. The van der Waals surface area contributed by atoms with Crippen LogP contribution < -0.4 is 14.2 Å². The SMILES string of the molecule is COC(=O)Cc1nnc(-c2ccc(COc3ccc4c(c3)OCO4)o2)o1. The minimum absolute atomic E-state index is 0.0930. The van der Waals surface area contributed by atoms with Crippen molar-refractivity contribution in [3.05, 3.63) is 42.0 Å².